The lowest BCUT2D eigenvalue weighted by atomic mass is 10.3. The second kappa shape index (κ2) is 9.87. The second-order valence-electron chi connectivity index (χ2n) is 7.03. The van der Waals surface area contributed by atoms with Crippen LogP contribution in [0.25, 0.3) is 0 Å². The van der Waals surface area contributed by atoms with Gasteiger partial charge in [-0.05, 0) is 30.3 Å². The van der Waals surface area contributed by atoms with Crippen molar-refractivity contribution in [1.82, 2.24) is 9.80 Å². The Morgan fingerprint density at radius 2 is 1.69 bits per heavy atom. The van der Waals surface area contributed by atoms with Gasteiger partial charge in [0, 0.05) is 38.4 Å². The molecule has 1 fully saturated rings. The molecular weight excluding hydrogens is 390 g/mol. The average molecular weight is 418 g/mol. The van der Waals surface area contributed by atoms with Crippen molar-refractivity contribution in [1.29, 1.82) is 0 Å². The molecular formula is C21H27N3O4S. The number of sulfone groups is 1. The van der Waals surface area contributed by atoms with Crippen LogP contribution >= 0.6 is 0 Å². The molecule has 7 nitrogen and oxygen atoms in total. The van der Waals surface area contributed by atoms with Crippen molar-refractivity contribution in [2.24, 2.45) is 0 Å². The van der Waals surface area contributed by atoms with Gasteiger partial charge in [0.1, 0.15) is 5.75 Å². The van der Waals surface area contributed by atoms with E-state index in [1.165, 1.54) is 7.11 Å². The van der Waals surface area contributed by atoms with Crippen molar-refractivity contribution in [3.05, 3.63) is 54.6 Å². The number of carbonyl (C=O) groups excluding carboxylic acids is 1. The van der Waals surface area contributed by atoms with Crippen molar-refractivity contribution >= 4 is 21.4 Å². The molecule has 0 spiro atoms. The molecule has 0 unspecified atom stereocenters. The van der Waals surface area contributed by atoms with Crippen molar-refractivity contribution < 1.29 is 17.9 Å². The number of benzene rings is 2. The van der Waals surface area contributed by atoms with Gasteiger partial charge in [0.25, 0.3) is 0 Å². The van der Waals surface area contributed by atoms with Crippen LogP contribution in [0.1, 0.15) is 0 Å². The fraction of sp³-hybridized carbons (Fsp3) is 0.381. The van der Waals surface area contributed by atoms with Crippen LogP contribution in [-0.2, 0) is 14.6 Å². The highest BCUT2D eigenvalue weighted by atomic mass is 32.2. The van der Waals surface area contributed by atoms with Crippen molar-refractivity contribution in [2.75, 3.05) is 57.4 Å². The van der Waals surface area contributed by atoms with E-state index in [1.807, 2.05) is 30.3 Å². The molecule has 1 amide bonds. The molecule has 1 N–H and O–H groups in total. The Morgan fingerprint density at radius 1 is 1.00 bits per heavy atom. The van der Waals surface area contributed by atoms with Gasteiger partial charge in [0.2, 0.25) is 5.91 Å². The number of para-hydroxylation sites is 1. The molecule has 0 radical (unpaired) electrons. The zero-order chi connectivity index (χ0) is 20.7. The molecule has 0 aliphatic carbocycles. The van der Waals surface area contributed by atoms with Crippen molar-refractivity contribution in [3.8, 4) is 5.75 Å². The molecule has 1 heterocycles. The van der Waals surface area contributed by atoms with Gasteiger partial charge in [-0.25, -0.2) is 8.42 Å². The molecule has 0 bridgehead atoms. The Hall–Kier alpha value is -2.42. The van der Waals surface area contributed by atoms with Crippen molar-refractivity contribution in [2.45, 2.75) is 4.90 Å². The monoisotopic (exact) mass is 417 g/mol. The molecule has 0 atom stereocenters. The van der Waals surface area contributed by atoms with Gasteiger partial charge in [0.15, 0.2) is 9.84 Å². The summed E-state index contributed by atoms with van der Waals surface area (Å²) in [5.74, 6) is 0.563. The number of nitrogens with one attached hydrogen (secondary N) is 1. The SMILES string of the molecule is COc1cccc(S(=O)(=O)CCN2CCN(CC(=O)Nc3ccccc3)CC2)c1. The van der Waals surface area contributed by atoms with Gasteiger partial charge in [-0.2, -0.15) is 0 Å². The molecule has 29 heavy (non-hydrogen) atoms. The van der Waals surface area contributed by atoms with Crippen LogP contribution in [0.3, 0.4) is 0 Å². The molecule has 2 aromatic carbocycles. The van der Waals surface area contributed by atoms with Crippen LogP contribution in [0.15, 0.2) is 59.5 Å². The number of anilines is 1. The number of methoxy groups -OCH3 is 1. The predicted octanol–water partition coefficient (Wildman–Crippen LogP) is 1.73. The molecule has 156 valence electrons. The Labute approximate surface area is 172 Å². The Balaban J connectivity index is 1.43. The van der Waals surface area contributed by atoms with Gasteiger partial charge in [-0.3, -0.25) is 14.6 Å². The zero-order valence-corrected chi connectivity index (χ0v) is 17.4. The molecule has 1 aliphatic heterocycles. The van der Waals surface area contributed by atoms with Gasteiger partial charge in [-0.15, -0.1) is 0 Å². The largest absolute Gasteiger partial charge is 0.497 e. The van der Waals surface area contributed by atoms with E-state index in [1.54, 1.807) is 24.3 Å². The molecule has 8 heteroatoms. The minimum atomic E-state index is -3.36. The highest BCUT2D eigenvalue weighted by Gasteiger charge is 2.22. The number of hydrogen-bond acceptors (Lipinski definition) is 6. The lowest BCUT2D eigenvalue weighted by Gasteiger charge is -2.34. The summed E-state index contributed by atoms with van der Waals surface area (Å²) in [4.78, 5) is 16.7. The first-order valence-corrected chi connectivity index (χ1v) is 11.3. The molecule has 2 aromatic rings. The fourth-order valence-electron chi connectivity index (χ4n) is 3.26. The Kier molecular flexibility index (Phi) is 7.24. The standard InChI is InChI=1S/C21H27N3O4S/c1-28-19-8-5-9-20(16-19)29(26,27)15-14-23-10-12-24(13-11-23)17-21(25)22-18-6-3-2-4-7-18/h2-9,16H,10-15,17H2,1H3,(H,22,25). The van der Waals surface area contributed by atoms with Gasteiger partial charge in [-0.1, -0.05) is 24.3 Å². The summed E-state index contributed by atoms with van der Waals surface area (Å²) >= 11 is 0. The summed E-state index contributed by atoms with van der Waals surface area (Å²) in [7, 11) is -1.84. The van der Waals surface area contributed by atoms with E-state index in [-0.39, 0.29) is 16.6 Å². The first-order chi connectivity index (χ1) is 14.0. The fourth-order valence-corrected chi connectivity index (χ4v) is 4.57. The van der Waals surface area contributed by atoms with Crippen LogP contribution in [0.5, 0.6) is 5.75 Å². The highest BCUT2D eigenvalue weighted by Crippen LogP contribution is 2.18. The normalized spacial score (nSPS) is 15.8. The first kappa shape index (κ1) is 21.3. The number of rotatable bonds is 8. The average Bonchev–Trinajstić information content (AvgIpc) is 2.74. The zero-order valence-electron chi connectivity index (χ0n) is 16.6. The van der Waals surface area contributed by atoms with Gasteiger partial charge in [0.05, 0.1) is 24.3 Å². The minimum Gasteiger partial charge on any atom is -0.497 e. The molecule has 3 rings (SSSR count). The summed E-state index contributed by atoms with van der Waals surface area (Å²) in [6.07, 6.45) is 0. The third-order valence-electron chi connectivity index (χ3n) is 4.97. The summed E-state index contributed by atoms with van der Waals surface area (Å²) in [6.45, 7) is 3.77. The number of ether oxygens (including phenoxy) is 1. The van der Waals surface area contributed by atoms with E-state index >= 15 is 0 Å². The lowest BCUT2D eigenvalue weighted by molar-refractivity contribution is -0.117. The number of amides is 1. The van der Waals surface area contributed by atoms with Crippen LogP contribution < -0.4 is 10.1 Å². The third kappa shape index (κ3) is 6.28. The maximum absolute atomic E-state index is 12.6. The third-order valence-corrected chi connectivity index (χ3v) is 6.66. The molecule has 0 aromatic heterocycles. The number of nitrogens with zero attached hydrogens (tertiary/aromatic N) is 2. The quantitative estimate of drug-likeness (QED) is 0.705. The lowest BCUT2D eigenvalue weighted by Crippen LogP contribution is -2.49. The van der Waals surface area contributed by atoms with Crippen LogP contribution in [-0.4, -0.2) is 76.3 Å². The van der Waals surface area contributed by atoms with Gasteiger partial charge < -0.3 is 10.1 Å². The van der Waals surface area contributed by atoms with Crippen LogP contribution in [0, 0.1) is 0 Å². The van der Waals surface area contributed by atoms with Crippen molar-refractivity contribution in [3.63, 3.8) is 0 Å². The number of hydrogen-bond donors (Lipinski definition) is 1. The maximum Gasteiger partial charge on any atom is 0.238 e. The van der Waals surface area contributed by atoms with E-state index < -0.39 is 9.84 Å². The summed E-state index contributed by atoms with van der Waals surface area (Å²) < 4.78 is 30.3. The number of carbonyl (C=O) groups is 1. The topological polar surface area (TPSA) is 79.0 Å². The first-order valence-electron chi connectivity index (χ1n) is 9.63. The summed E-state index contributed by atoms with van der Waals surface area (Å²) in [6, 6.07) is 16.0. The van der Waals surface area contributed by atoms with E-state index in [2.05, 4.69) is 15.1 Å². The van der Waals surface area contributed by atoms with Crippen LogP contribution in [0.4, 0.5) is 5.69 Å². The Morgan fingerprint density at radius 3 is 2.38 bits per heavy atom. The van der Waals surface area contributed by atoms with E-state index in [9.17, 15) is 13.2 Å². The van der Waals surface area contributed by atoms with E-state index in [4.69, 9.17) is 4.74 Å². The molecule has 1 saturated heterocycles. The predicted molar refractivity (Wildman–Crippen MR) is 113 cm³/mol. The van der Waals surface area contributed by atoms with Gasteiger partial charge >= 0.3 is 0 Å². The second-order valence-corrected chi connectivity index (χ2v) is 9.14. The highest BCUT2D eigenvalue weighted by molar-refractivity contribution is 7.91. The Bertz CT molecular complexity index is 911. The van der Waals surface area contributed by atoms with E-state index in [0.717, 1.165) is 31.9 Å². The smallest absolute Gasteiger partial charge is 0.238 e. The summed E-state index contributed by atoms with van der Waals surface area (Å²) in [5.41, 5.74) is 0.791. The number of piperazine rings is 1. The van der Waals surface area contributed by atoms with E-state index in [0.29, 0.717) is 18.8 Å². The molecule has 1 aliphatic rings. The molecule has 0 saturated carbocycles. The minimum absolute atomic E-state index is 0.0368. The maximum atomic E-state index is 12.6. The van der Waals surface area contributed by atoms with Crippen LogP contribution in [0.2, 0.25) is 0 Å². The summed E-state index contributed by atoms with van der Waals surface area (Å²) in [5, 5.41) is 2.89.